The number of hydrogen-bond acceptors (Lipinski definition) is 3. The number of nitrogens with one attached hydrogen (secondary N) is 1. The maximum atomic E-state index is 12.2. The van der Waals surface area contributed by atoms with Crippen molar-refractivity contribution in [3.8, 4) is 0 Å². The molecule has 0 aliphatic heterocycles. The molecular weight excluding hydrogens is 238 g/mol. The Labute approximate surface area is 112 Å². The molecule has 0 fully saturated rings. The van der Waals surface area contributed by atoms with Gasteiger partial charge in [-0.1, -0.05) is 25.1 Å². The van der Waals surface area contributed by atoms with Crippen LogP contribution >= 0.6 is 0 Å². The van der Waals surface area contributed by atoms with E-state index >= 15 is 0 Å². The minimum Gasteiger partial charge on any atom is -0.399 e. The maximum absolute atomic E-state index is 12.2. The number of carbonyl (C=O) groups excluding carboxylic acids is 1. The topological polar surface area (TPSA) is 81.1 Å². The highest BCUT2D eigenvalue weighted by atomic mass is 16.1. The van der Waals surface area contributed by atoms with Gasteiger partial charge in [0.2, 0.25) is 0 Å². The summed E-state index contributed by atoms with van der Waals surface area (Å²) in [6, 6.07) is 12.6. The second-order valence-corrected chi connectivity index (χ2v) is 4.31. The first-order valence-electron chi connectivity index (χ1n) is 6.16. The fraction of sp³-hybridized carbons (Fsp3) is 0.133. The zero-order valence-corrected chi connectivity index (χ0v) is 10.8. The van der Waals surface area contributed by atoms with Crippen LogP contribution in [0.2, 0.25) is 0 Å². The van der Waals surface area contributed by atoms with Crippen LogP contribution in [0.15, 0.2) is 42.5 Å². The van der Waals surface area contributed by atoms with E-state index in [9.17, 15) is 4.79 Å². The van der Waals surface area contributed by atoms with E-state index in [1.165, 1.54) is 0 Å². The molecule has 4 nitrogen and oxygen atoms in total. The first kappa shape index (κ1) is 13.0. The zero-order chi connectivity index (χ0) is 13.8. The summed E-state index contributed by atoms with van der Waals surface area (Å²) in [7, 11) is 0. The van der Waals surface area contributed by atoms with Crippen molar-refractivity contribution >= 4 is 23.0 Å². The van der Waals surface area contributed by atoms with Gasteiger partial charge in [0.15, 0.2) is 0 Å². The predicted molar refractivity (Wildman–Crippen MR) is 79.0 cm³/mol. The van der Waals surface area contributed by atoms with Crippen LogP contribution < -0.4 is 16.8 Å². The van der Waals surface area contributed by atoms with Gasteiger partial charge in [0, 0.05) is 17.1 Å². The van der Waals surface area contributed by atoms with Crippen molar-refractivity contribution in [1.29, 1.82) is 0 Å². The molecule has 4 heteroatoms. The Morgan fingerprint density at radius 1 is 1.16 bits per heavy atom. The maximum Gasteiger partial charge on any atom is 0.257 e. The van der Waals surface area contributed by atoms with Crippen molar-refractivity contribution in [2.45, 2.75) is 13.3 Å². The predicted octanol–water partition coefficient (Wildman–Crippen LogP) is 2.67. The van der Waals surface area contributed by atoms with Crippen molar-refractivity contribution in [2.24, 2.45) is 0 Å². The van der Waals surface area contributed by atoms with Crippen molar-refractivity contribution in [3.63, 3.8) is 0 Å². The second-order valence-electron chi connectivity index (χ2n) is 4.31. The summed E-state index contributed by atoms with van der Waals surface area (Å²) < 4.78 is 0. The van der Waals surface area contributed by atoms with Crippen LogP contribution in [0.4, 0.5) is 17.1 Å². The highest BCUT2D eigenvalue weighted by molar-refractivity contribution is 6.08. The smallest absolute Gasteiger partial charge is 0.257 e. The molecule has 19 heavy (non-hydrogen) atoms. The lowest BCUT2D eigenvalue weighted by molar-refractivity contribution is 0.102. The fourth-order valence-corrected chi connectivity index (χ4v) is 1.93. The summed E-state index contributed by atoms with van der Waals surface area (Å²) in [5, 5.41) is 2.88. The van der Waals surface area contributed by atoms with Gasteiger partial charge < -0.3 is 16.8 Å². The molecule has 0 aliphatic rings. The second kappa shape index (κ2) is 5.44. The van der Waals surface area contributed by atoms with Crippen molar-refractivity contribution in [1.82, 2.24) is 0 Å². The molecule has 2 aromatic rings. The molecule has 0 bridgehead atoms. The van der Waals surface area contributed by atoms with Crippen molar-refractivity contribution < 1.29 is 4.79 Å². The first-order valence-corrected chi connectivity index (χ1v) is 6.16. The molecule has 0 radical (unpaired) electrons. The Balaban J connectivity index is 2.26. The number of hydrogen-bond donors (Lipinski definition) is 3. The van der Waals surface area contributed by atoms with Crippen molar-refractivity contribution in [2.75, 3.05) is 16.8 Å². The van der Waals surface area contributed by atoms with Gasteiger partial charge >= 0.3 is 0 Å². The van der Waals surface area contributed by atoms with E-state index < -0.39 is 0 Å². The number of nitrogens with two attached hydrogens (primary N) is 2. The molecule has 0 spiro atoms. The fourth-order valence-electron chi connectivity index (χ4n) is 1.93. The number of carbonyl (C=O) groups is 1. The third kappa shape index (κ3) is 2.85. The van der Waals surface area contributed by atoms with Gasteiger partial charge in [-0.3, -0.25) is 4.79 Å². The van der Waals surface area contributed by atoms with Gasteiger partial charge in [-0.25, -0.2) is 0 Å². The van der Waals surface area contributed by atoms with Gasteiger partial charge in [0.1, 0.15) is 0 Å². The third-order valence-electron chi connectivity index (χ3n) is 2.97. The molecule has 0 atom stereocenters. The van der Waals surface area contributed by atoms with E-state index in [1.54, 1.807) is 18.2 Å². The molecule has 0 aliphatic carbocycles. The van der Waals surface area contributed by atoms with E-state index in [4.69, 9.17) is 11.5 Å². The number of amides is 1. The first-order chi connectivity index (χ1) is 9.11. The third-order valence-corrected chi connectivity index (χ3v) is 2.97. The average Bonchev–Trinajstić information content (AvgIpc) is 2.39. The minimum absolute atomic E-state index is 0.224. The largest absolute Gasteiger partial charge is 0.399 e. The Hall–Kier alpha value is -2.49. The summed E-state index contributed by atoms with van der Waals surface area (Å²) in [5.41, 5.74) is 14.7. The Kier molecular flexibility index (Phi) is 3.71. The molecule has 0 heterocycles. The monoisotopic (exact) mass is 255 g/mol. The minimum atomic E-state index is -0.224. The molecule has 2 aromatic carbocycles. The van der Waals surface area contributed by atoms with Crippen LogP contribution in [0.1, 0.15) is 22.8 Å². The van der Waals surface area contributed by atoms with Crippen LogP contribution in [0, 0.1) is 0 Å². The molecular formula is C15H17N3O. The molecule has 1 amide bonds. The number of anilines is 3. The van der Waals surface area contributed by atoms with Gasteiger partial charge in [0.25, 0.3) is 5.91 Å². The molecule has 98 valence electrons. The molecule has 0 unspecified atom stereocenters. The summed E-state index contributed by atoms with van der Waals surface area (Å²) >= 11 is 0. The average molecular weight is 255 g/mol. The van der Waals surface area contributed by atoms with E-state index in [0.29, 0.717) is 16.9 Å². The van der Waals surface area contributed by atoms with Gasteiger partial charge in [0.05, 0.1) is 5.56 Å². The number of aryl methyl sites for hydroxylation is 1. The normalized spacial score (nSPS) is 10.2. The number of rotatable bonds is 3. The lowest BCUT2D eigenvalue weighted by Crippen LogP contribution is -2.15. The Morgan fingerprint density at radius 2 is 1.89 bits per heavy atom. The quantitative estimate of drug-likeness (QED) is 0.737. The molecule has 0 saturated heterocycles. The highest BCUT2D eigenvalue weighted by Gasteiger charge is 2.11. The lowest BCUT2D eigenvalue weighted by Gasteiger charge is -2.11. The van der Waals surface area contributed by atoms with Gasteiger partial charge in [-0.05, 0) is 36.2 Å². The highest BCUT2D eigenvalue weighted by Crippen LogP contribution is 2.20. The molecule has 0 saturated carbocycles. The van der Waals surface area contributed by atoms with E-state index in [2.05, 4.69) is 5.32 Å². The van der Waals surface area contributed by atoms with Crippen LogP contribution in [-0.4, -0.2) is 5.91 Å². The van der Waals surface area contributed by atoms with Gasteiger partial charge in [-0.15, -0.1) is 0 Å². The zero-order valence-electron chi connectivity index (χ0n) is 10.8. The van der Waals surface area contributed by atoms with E-state index in [-0.39, 0.29) is 5.91 Å². The Morgan fingerprint density at radius 3 is 2.58 bits per heavy atom. The van der Waals surface area contributed by atoms with Crippen molar-refractivity contribution in [3.05, 3.63) is 53.6 Å². The SMILES string of the molecule is CCc1ccccc1NC(=O)c1ccc(N)cc1N. The summed E-state index contributed by atoms with van der Waals surface area (Å²) in [6.07, 6.45) is 0.855. The standard InChI is InChI=1S/C15H17N3O/c1-2-10-5-3-4-6-14(10)18-15(19)12-8-7-11(16)9-13(12)17/h3-9H,2,16-17H2,1H3,(H,18,19). The molecule has 5 N–H and O–H groups in total. The van der Waals surface area contributed by atoms with Crippen LogP contribution in [0.5, 0.6) is 0 Å². The summed E-state index contributed by atoms with van der Waals surface area (Å²) in [4.78, 5) is 12.2. The number of benzene rings is 2. The number of nitrogen functional groups attached to an aromatic ring is 2. The summed E-state index contributed by atoms with van der Waals surface area (Å²) in [5.74, 6) is -0.224. The lowest BCUT2D eigenvalue weighted by atomic mass is 10.1. The molecule has 2 rings (SSSR count). The Bertz CT molecular complexity index is 608. The number of para-hydroxylation sites is 1. The van der Waals surface area contributed by atoms with Crippen LogP contribution in [0.25, 0.3) is 0 Å². The van der Waals surface area contributed by atoms with Crippen LogP contribution in [-0.2, 0) is 6.42 Å². The van der Waals surface area contributed by atoms with Crippen LogP contribution in [0.3, 0.4) is 0 Å². The molecule has 0 aromatic heterocycles. The van der Waals surface area contributed by atoms with E-state index in [1.807, 2.05) is 31.2 Å². The van der Waals surface area contributed by atoms with Gasteiger partial charge in [-0.2, -0.15) is 0 Å². The summed E-state index contributed by atoms with van der Waals surface area (Å²) in [6.45, 7) is 2.04. The van der Waals surface area contributed by atoms with E-state index in [0.717, 1.165) is 17.7 Å².